The van der Waals surface area contributed by atoms with E-state index >= 15 is 0 Å². The Hall–Kier alpha value is -1.13. The first-order valence-corrected chi connectivity index (χ1v) is 7.04. The topological polar surface area (TPSA) is 38.5 Å². The van der Waals surface area contributed by atoms with Crippen molar-refractivity contribution in [2.45, 2.75) is 38.8 Å². The Bertz CT molecular complexity index is 421. The summed E-state index contributed by atoms with van der Waals surface area (Å²) in [6.07, 6.45) is 2.38. The molecule has 19 heavy (non-hydrogen) atoms. The number of anilines is 1. The monoisotopic (exact) mass is 266 g/mol. The predicted molar refractivity (Wildman–Crippen MR) is 75.9 cm³/mol. The Morgan fingerprint density at radius 3 is 3.00 bits per heavy atom. The summed E-state index contributed by atoms with van der Waals surface area (Å²) < 4.78 is 19.7. The van der Waals surface area contributed by atoms with Crippen LogP contribution in [0.3, 0.4) is 0 Å². The Morgan fingerprint density at radius 1 is 1.53 bits per heavy atom. The third kappa shape index (κ3) is 3.25. The van der Waals surface area contributed by atoms with Crippen molar-refractivity contribution in [2.75, 3.05) is 24.6 Å². The minimum atomic E-state index is -0.302. The minimum absolute atomic E-state index is 0.217. The van der Waals surface area contributed by atoms with Gasteiger partial charge < -0.3 is 15.4 Å². The average Bonchev–Trinajstić information content (AvgIpc) is 2.38. The summed E-state index contributed by atoms with van der Waals surface area (Å²) in [6.45, 7) is 6.31. The van der Waals surface area contributed by atoms with E-state index in [1.54, 1.807) is 6.07 Å². The number of nitrogens with two attached hydrogens (primary N) is 1. The highest BCUT2D eigenvalue weighted by atomic mass is 19.1. The van der Waals surface area contributed by atoms with Crippen molar-refractivity contribution in [2.24, 2.45) is 5.73 Å². The van der Waals surface area contributed by atoms with Crippen molar-refractivity contribution in [1.29, 1.82) is 0 Å². The van der Waals surface area contributed by atoms with Gasteiger partial charge in [0, 0.05) is 37.0 Å². The molecule has 2 atom stereocenters. The van der Waals surface area contributed by atoms with Gasteiger partial charge in [0.15, 0.2) is 0 Å². The fourth-order valence-electron chi connectivity index (χ4n) is 2.78. The van der Waals surface area contributed by atoms with Crippen LogP contribution in [0, 0.1) is 5.82 Å². The summed E-state index contributed by atoms with van der Waals surface area (Å²) in [5.74, 6) is -0.217. The molecule has 0 radical (unpaired) electrons. The second-order valence-corrected chi connectivity index (χ2v) is 5.13. The molecule has 106 valence electrons. The first-order chi connectivity index (χ1) is 9.13. The van der Waals surface area contributed by atoms with Crippen LogP contribution in [-0.4, -0.2) is 25.8 Å². The minimum Gasteiger partial charge on any atom is -0.377 e. The lowest BCUT2D eigenvalue weighted by molar-refractivity contribution is 0.0526. The van der Waals surface area contributed by atoms with Gasteiger partial charge in [-0.2, -0.15) is 0 Å². The summed E-state index contributed by atoms with van der Waals surface area (Å²) in [6, 6.07) is 4.88. The van der Waals surface area contributed by atoms with E-state index in [2.05, 4.69) is 4.90 Å². The van der Waals surface area contributed by atoms with E-state index < -0.39 is 0 Å². The predicted octanol–water partition coefficient (Wildman–Crippen LogP) is 2.85. The molecule has 1 fully saturated rings. The number of rotatable bonds is 4. The Balaban J connectivity index is 2.23. The molecule has 1 aliphatic heterocycles. The molecule has 0 amide bonds. The smallest absolute Gasteiger partial charge is 0.130 e. The third-order valence-corrected chi connectivity index (χ3v) is 3.61. The molecule has 0 aliphatic carbocycles. The molecule has 2 N–H and O–H groups in total. The number of halogens is 1. The van der Waals surface area contributed by atoms with E-state index in [9.17, 15) is 4.39 Å². The van der Waals surface area contributed by atoms with Gasteiger partial charge in [0.05, 0.1) is 6.10 Å². The molecule has 0 spiro atoms. The zero-order chi connectivity index (χ0) is 13.8. The summed E-state index contributed by atoms with van der Waals surface area (Å²) in [5.41, 5.74) is 7.44. The van der Waals surface area contributed by atoms with Crippen LogP contribution in [0.15, 0.2) is 18.2 Å². The normalized spacial score (nSPS) is 21.5. The van der Waals surface area contributed by atoms with E-state index in [0.29, 0.717) is 5.56 Å². The van der Waals surface area contributed by atoms with Gasteiger partial charge in [-0.05, 0) is 38.8 Å². The molecule has 1 aromatic carbocycles. The molecule has 2 rings (SSSR count). The molecule has 0 saturated carbocycles. The van der Waals surface area contributed by atoms with Crippen molar-refractivity contribution in [1.82, 2.24) is 0 Å². The number of benzene rings is 1. The van der Waals surface area contributed by atoms with Gasteiger partial charge >= 0.3 is 0 Å². The van der Waals surface area contributed by atoms with Crippen molar-refractivity contribution in [3.05, 3.63) is 29.6 Å². The Kier molecular flexibility index (Phi) is 4.77. The van der Waals surface area contributed by atoms with Gasteiger partial charge in [-0.3, -0.25) is 0 Å². The van der Waals surface area contributed by atoms with Crippen LogP contribution in [0.25, 0.3) is 0 Å². The van der Waals surface area contributed by atoms with Crippen LogP contribution in [0.1, 0.15) is 38.3 Å². The molecular weight excluding hydrogens is 243 g/mol. The highest BCUT2D eigenvalue weighted by Gasteiger charge is 2.24. The first kappa shape index (κ1) is 14.3. The molecule has 1 saturated heterocycles. The van der Waals surface area contributed by atoms with Crippen molar-refractivity contribution >= 4 is 5.69 Å². The molecule has 3 nitrogen and oxygen atoms in total. The van der Waals surface area contributed by atoms with Crippen LogP contribution in [0.4, 0.5) is 10.1 Å². The third-order valence-electron chi connectivity index (χ3n) is 3.61. The summed E-state index contributed by atoms with van der Waals surface area (Å²) in [5, 5.41) is 0. The van der Waals surface area contributed by atoms with Gasteiger partial charge in [0.25, 0.3) is 0 Å². The molecule has 0 bridgehead atoms. The Labute approximate surface area is 114 Å². The molecule has 4 heteroatoms. The van der Waals surface area contributed by atoms with Gasteiger partial charge in [0.2, 0.25) is 0 Å². The van der Waals surface area contributed by atoms with Crippen LogP contribution in [-0.2, 0) is 4.74 Å². The van der Waals surface area contributed by atoms with Crippen molar-refractivity contribution < 1.29 is 9.13 Å². The maximum Gasteiger partial charge on any atom is 0.130 e. The molecular formula is C15H23FN2O. The first-order valence-electron chi connectivity index (χ1n) is 7.04. The van der Waals surface area contributed by atoms with E-state index in [4.69, 9.17) is 10.5 Å². The van der Waals surface area contributed by atoms with E-state index in [-0.39, 0.29) is 18.0 Å². The molecule has 0 aromatic heterocycles. The van der Waals surface area contributed by atoms with Crippen LogP contribution >= 0.6 is 0 Å². The number of ether oxygens (including phenoxy) is 1. The summed E-state index contributed by atoms with van der Waals surface area (Å²) in [7, 11) is 0. The largest absolute Gasteiger partial charge is 0.377 e. The zero-order valence-corrected chi connectivity index (χ0v) is 11.7. The zero-order valence-electron chi connectivity index (χ0n) is 11.7. The molecule has 1 heterocycles. The number of hydrogen-bond acceptors (Lipinski definition) is 3. The van der Waals surface area contributed by atoms with Gasteiger partial charge in [0.1, 0.15) is 5.82 Å². The van der Waals surface area contributed by atoms with Gasteiger partial charge in [-0.1, -0.05) is 6.07 Å². The fourth-order valence-corrected chi connectivity index (χ4v) is 2.78. The van der Waals surface area contributed by atoms with Gasteiger partial charge in [-0.15, -0.1) is 0 Å². The van der Waals surface area contributed by atoms with E-state index in [0.717, 1.165) is 38.2 Å². The second kappa shape index (κ2) is 6.35. The lowest BCUT2D eigenvalue weighted by atomic mass is 10.0. The standard InChI is InChI=1S/C15H23FN2O/c1-3-19-12-6-5-9-18(10-12)14-8-4-7-13(16)15(14)11(2)17/h4,7-8,11-12H,3,5-6,9-10,17H2,1-2H3/t11-,12?/m0/s1. The second-order valence-electron chi connectivity index (χ2n) is 5.13. The van der Waals surface area contributed by atoms with E-state index in [1.165, 1.54) is 6.07 Å². The summed E-state index contributed by atoms with van der Waals surface area (Å²) >= 11 is 0. The molecule has 1 unspecified atom stereocenters. The van der Waals surface area contributed by atoms with Crippen molar-refractivity contribution in [3.63, 3.8) is 0 Å². The van der Waals surface area contributed by atoms with Crippen LogP contribution in [0.2, 0.25) is 0 Å². The fraction of sp³-hybridized carbons (Fsp3) is 0.600. The average molecular weight is 266 g/mol. The summed E-state index contributed by atoms with van der Waals surface area (Å²) in [4.78, 5) is 2.20. The van der Waals surface area contributed by atoms with Gasteiger partial charge in [-0.25, -0.2) is 4.39 Å². The molecule has 1 aromatic rings. The highest BCUT2D eigenvalue weighted by Crippen LogP contribution is 2.30. The molecule has 1 aliphatic rings. The Morgan fingerprint density at radius 2 is 2.32 bits per heavy atom. The lowest BCUT2D eigenvalue weighted by Gasteiger charge is -2.35. The quantitative estimate of drug-likeness (QED) is 0.910. The number of piperidine rings is 1. The maximum atomic E-state index is 14.0. The SMILES string of the molecule is CCOC1CCCN(c2cccc(F)c2[C@H](C)N)C1. The van der Waals surface area contributed by atoms with Crippen molar-refractivity contribution in [3.8, 4) is 0 Å². The van der Waals surface area contributed by atoms with Crippen LogP contribution in [0.5, 0.6) is 0 Å². The van der Waals surface area contributed by atoms with Crippen LogP contribution < -0.4 is 10.6 Å². The number of nitrogens with zero attached hydrogens (tertiary/aromatic N) is 1. The lowest BCUT2D eigenvalue weighted by Crippen LogP contribution is -2.40. The number of hydrogen-bond donors (Lipinski definition) is 1. The van der Waals surface area contributed by atoms with E-state index in [1.807, 2.05) is 19.9 Å². The maximum absolute atomic E-state index is 14.0. The highest BCUT2D eigenvalue weighted by molar-refractivity contribution is 5.56.